The first-order valence-corrected chi connectivity index (χ1v) is 11.9. The summed E-state index contributed by atoms with van der Waals surface area (Å²) in [6.45, 7) is 0. The van der Waals surface area contributed by atoms with Gasteiger partial charge in [0.2, 0.25) is 0 Å². The standard InChI is InChI=1S/C28H22BrFN2O2/c29-19-8-4-9-21(16-19)32-22-10-5-11-23(33)25(22)24(17-12-14-20(30)15-13-17)26(28(32)31)27(34)18-6-2-1-3-7-18/h1-4,6-9,12-16,24,31,34H,5,10-11H2/b27-26+,31-28?. The second kappa shape index (κ2) is 9.03. The van der Waals surface area contributed by atoms with E-state index >= 15 is 0 Å². The van der Waals surface area contributed by atoms with Gasteiger partial charge < -0.3 is 5.11 Å². The smallest absolute Gasteiger partial charge is 0.161 e. The first-order chi connectivity index (χ1) is 16.5. The van der Waals surface area contributed by atoms with Gasteiger partial charge in [-0.15, -0.1) is 0 Å². The summed E-state index contributed by atoms with van der Waals surface area (Å²) in [4.78, 5) is 15.2. The fraction of sp³-hybridized carbons (Fsp3) is 0.143. The van der Waals surface area contributed by atoms with Crippen molar-refractivity contribution >= 4 is 39.0 Å². The second-order valence-electron chi connectivity index (χ2n) is 8.41. The van der Waals surface area contributed by atoms with Crippen LogP contribution in [0.5, 0.6) is 0 Å². The zero-order chi connectivity index (χ0) is 23.8. The molecule has 1 atom stereocenters. The molecule has 1 aliphatic carbocycles. The highest BCUT2D eigenvalue weighted by Crippen LogP contribution is 2.48. The summed E-state index contributed by atoms with van der Waals surface area (Å²) in [5, 5.41) is 20.8. The number of benzene rings is 3. The van der Waals surface area contributed by atoms with E-state index in [0.29, 0.717) is 41.5 Å². The minimum absolute atomic E-state index is 0.0126. The zero-order valence-corrected chi connectivity index (χ0v) is 19.8. The van der Waals surface area contributed by atoms with Crippen molar-refractivity contribution in [3.63, 3.8) is 0 Å². The summed E-state index contributed by atoms with van der Waals surface area (Å²) in [5.41, 5.74) is 3.60. The van der Waals surface area contributed by atoms with E-state index in [4.69, 9.17) is 0 Å². The number of allylic oxidation sites excluding steroid dienone is 2. The fourth-order valence-electron chi connectivity index (χ4n) is 4.83. The first kappa shape index (κ1) is 22.3. The van der Waals surface area contributed by atoms with E-state index in [9.17, 15) is 19.7 Å². The Balaban J connectivity index is 1.83. The van der Waals surface area contributed by atoms with Gasteiger partial charge in [0.15, 0.2) is 5.78 Å². The molecule has 0 spiro atoms. The van der Waals surface area contributed by atoms with Gasteiger partial charge in [0.1, 0.15) is 17.4 Å². The lowest BCUT2D eigenvalue weighted by Crippen LogP contribution is -2.42. The largest absolute Gasteiger partial charge is 0.507 e. The fourth-order valence-corrected chi connectivity index (χ4v) is 5.22. The third kappa shape index (κ3) is 3.88. The second-order valence-corrected chi connectivity index (χ2v) is 9.33. The number of anilines is 1. The summed E-state index contributed by atoms with van der Waals surface area (Å²) in [6.07, 6.45) is 1.72. The molecule has 3 aromatic rings. The van der Waals surface area contributed by atoms with E-state index in [-0.39, 0.29) is 23.2 Å². The van der Waals surface area contributed by atoms with E-state index in [2.05, 4.69) is 15.9 Å². The lowest BCUT2D eigenvalue weighted by atomic mass is 9.73. The molecule has 2 N–H and O–H groups in total. The van der Waals surface area contributed by atoms with Crippen molar-refractivity contribution in [2.24, 2.45) is 0 Å². The molecule has 6 heteroatoms. The molecule has 0 radical (unpaired) electrons. The Hall–Kier alpha value is -3.51. The minimum atomic E-state index is -0.667. The highest BCUT2D eigenvalue weighted by atomic mass is 79.9. The average molecular weight is 517 g/mol. The van der Waals surface area contributed by atoms with Gasteiger partial charge in [0, 0.05) is 44.9 Å². The molecule has 1 unspecified atom stereocenters. The number of nitrogens with one attached hydrogen (secondary N) is 1. The molecule has 34 heavy (non-hydrogen) atoms. The lowest BCUT2D eigenvalue weighted by molar-refractivity contribution is -0.116. The van der Waals surface area contributed by atoms with Crippen molar-refractivity contribution in [3.05, 3.63) is 117 Å². The molecule has 0 bridgehead atoms. The van der Waals surface area contributed by atoms with E-state index in [1.54, 1.807) is 29.2 Å². The summed E-state index contributed by atoms with van der Waals surface area (Å²) in [6, 6.07) is 22.6. The molecule has 1 aliphatic heterocycles. The van der Waals surface area contributed by atoms with Crippen LogP contribution < -0.4 is 4.90 Å². The molecule has 1 heterocycles. The molecular formula is C28H22BrFN2O2. The number of hydrogen-bond acceptors (Lipinski definition) is 3. The van der Waals surface area contributed by atoms with E-state index in [0.717, 1.165) is 15.9 Å². The SMILES string of the molecule is N=C1/C(=C(/O)c2ccccc2)C(c2ccc(F)cc2)C2=C(CCCC2=O)N1c1cccc(Br)c1. The van der Waals surface area contributed by atoms with E-state index in [1.165, 1.54) is 12.1 Å². The van der Waals surface area contributed by atoms with Gasteiger partial charge in [0.25, 0.3) is 0 Å². The maximum Gasteiger partial charge on any atom is 0.161 e. The molecule has 0 saturated heterocycles. The summed E-state index contributed by atoms with van der Waals surface area (Å²) in [7, 11) is 0. The van der Waals surface area contributed by atoms with E-state index in [1.807, 2.05) is 42.5 Å². The van der Waals surface area contributed by atoms with Gasteiger partial charge in [-0.1, -0.05) is 64.5 Å². The predicted molar refractivity (Wildman–Crippen MR) is 135 cm³/mol. The topological polar surface area (TPSA) is 64.4 Å². The van der Waals surface area contributed by atoms with Gasteiger partial charge in [-0.25, -0.2) is 4.39 Å². The Labute approximate surface area is 205 Å². The number of ketones is 1. The van der Waals surface area contributed by atoms with Crippen LogP contribution in [0.3, 0.4) is 0 Å². The normalized spacial score (nSPS) is 19.8. The first-order valence-electron chi connectivity index (χ1n) is 11.1. The van der Waals surface area contributed by atoms with Crippen molar-refractivity contribution in [2.75, 3.05) is 4.90 Å². The van der Waals surface area contributed by atoms with Crippen LogP contribution in [0.25, 0.3) is 5.76 Å². The number of halogens is 2. The average Bonchev–Trinajstić information content (AvgIpc) is 2.84. The van der Waals surface area contributed by atoms with Crippen molar-refractivity contribution in [3.8, 4) is 0 Å². The number of aliphatic hydroxyl groups is 1. The predicted octanol–water partition coefficient (Wildman–Crippen LogP) is 7.15. The van der Waals surface area contributed by atoms with Crippen LogP contribution in [-0.4, -0.2) is 16.7 Å². The number of rotatable bonds is 3. The Morgan fingerprint density at radius 3 is 2.44 bits per heavy atom. The third-order valence-corrected chi connectivity index (χ3v) is 6.82. The number of carbonyl (C=O) groups is 1. The molecule has 5 rings (SSSR count). The zero-order valence-electron chi connectivity index (χ0n) is 18.3. The van der Waals surface area contributed by atoms with Crippen LogP contribution in [0.15, 0.2) is 100 Å². The van der Waals surface area contributed by atoms with Gasteiger partial charge >= 0.3 is 0 Å². The molecule has 0 saturated carbocycles. The summed E-state index contributed by atoms with van der Waals surface area (Å²) < 4.78 is 14.6. The molecule has 0 fully saturated rings. The van der Waals surface area contributed by atoms with Crippen molar-refractivity contribution in [1.82, 2.24) is 0 Å². The van der Waals surface area contributed by atoms with Gasteiger partial charge in [-0.05, 0) is 48.7 Å². The van der Waals surface area contributed by atoms with Gasteiger partial charge in [-0.2, -0.15) is 0 Å². The molecule has 170 valence electrons. The Bertz CT molecular complexity index is 1350. The monoisotopic (exact) mass is 516 g/mol. The number of aliphatic hydroxyl groups excluding tert-OH is 1. The highest BCUT2D eigenvalue weighted by molar-refractivity contribution is 9.10. The molecule has 0 aromatic heterocycles. The number of hydrogen-bond donors (Lipinski definition) is 2. The number of carbonyl (C=O) groups excluding carboxylic acids is 1. The minimum Gasteiger partial charge on any atom is -0.507 e. The van der Waals surface area contributed by atoms with Crippen molar-refractivity contribution in [1.29, 1.82) is 5.41 Å². The van der Waals surface area contributed by atoms with Crippen molar-refractivity contribution < 1.29 is 14.3 Å². The molecule has 0 amide bonds. The Kier molecular flexibility index (Phi) is 5.92. The number of nitrogens with zero attached hydrogens (tertiary/aromatic N) is 1. The van der Waals surface area contributed by atoms with Gasteiger partial charge in [-0.3, -0.25) is 15.1 Å². The summed E-state index contributed by atoms with van der Waals surface area (Å²) in [5.74, 6) is -1.03. The molecular weight excluding hydrogens is 495 g/mol. The van der Waals surface area contributed by atoms with Crippen LogP contribution in [0.4, 0.5) is 10.1 Å². The lowest BCUT2D eigenvalue weighted by Gasteiger charge is -2.41. The quantitative estimate of drug-likeness (QED) is 0.363. The number of amidine groups is 1. The van der Waals surface area contributed by atoms with Crippen LogP contribution in [0.1, 0.15) is 36.3 Å². The van der Waals surface area contributed by atoms with E-state index < -0.39 is 5.92 Å². The summed E-state index contributed by atoms with van der Waals surface area (Å²) >= 11 is 3.51. The van der Waals surface area contributed by atoms with Crippen LogP contribution in [-0.2, 0) is 4.79 Å². The number of Topliss-reactive ketones (excluding diaryl/α,β-unsaturated/α-hetero) is 1. The van der Waals surface area contributed by atoms with Crippen LogP contribution in [0, 0.1) is 11.2 Å². The molecule has 2 aliphatic rings. The van der Waals surface area contributed by atoms with Gasteiger partial charge in [0.05, 0.1) is 0 Å². The molecule has 3 aromatic carbocycles. The molecule has 4 nitrogen and oxygen atoms in total. The van der Waals surface area contributed by atoms with Crippen molar-refractivity contribution in [2.45, 2.75) is 25.2 Å². The Morgan fingerprint density at radius 1 is 1.00 bits per heavy atom. The Morgan fingerprint density at radius 2 is 1.74 bits per heavy atom. The van der Waals surface area contributed by atoms with Crippen LogP contribution in [0.2, 0.25) is 0 Å². The van der Waals surface area contributed by atoms with Crippen LogP contribution >= 0.6 is 15.9 Å². The maximum absolute atomic E-state index is 13.8. The third-order valence-electron chi connectivity index (χ3n) is 6.33. The maximum atomic E-state index is 13.8. The highest BCUT2D eigenvalue weighted by Gasteiger charge is 2.43.